The molecule has 0 aliphatic heterocycles. The first kappa shape index (κ1) is 13.1. The number of hydrogen-bond donors (Lipinski definition) is 1. The third-order valence-corrected chi connectivity index (χ3v) is 4.85. The quantitative estimate of drug-likeness (QED) is 0.912. The molecular formula is C13H17NO3S. The Morgan fingerprint density at radius 1 is 1.33 bits per heavy atom. The molecule has 0 aromatic heterocycles. The van der Waals surface area contributed by atoms with Crippen molar-refractivity contribution in [1.29, 1.82) is 0 Å². The van der Waals surface area contributed by atoms with E-state index in [1.54, 1.807) is 12.1 Å². The van der Waals surface area contributed by atoms with Gasteiger partial charge in [0, 0.05) is 17.4 Å². The fraction of sp³-hybridized carbons (Fsp3) is 0.462. The van der Waals surface area contributed by atoms with Crippen molar-refractivity contribution in [3.05, 3.63) is 24.3 Å². The van der Waals surface area contributed by atoms with Crippen LogP contribution in [0.25, 0.3) is 0 Å². The number of carbonyl (C=O) groups excluding carboxylic acids is 1. The van der Waals surface area contributed by atoms with E-state index >= 15 is 0 Å². The Morgan fingerprint density at radius 2 is 1.83 bits per heavy atom. The topological polar surface area (TPSA) is 63.2 Å². The molecule has 1 fully saturated rings. The Balaban J connectivity index is 2.10. The maximum atomic E-state index is 12.0. The summed E-state index contributed by atoms with van der Waals surface area (Å²) in [6.45, 7) is 3.99. The minimum atomic E-state index is -3.19. The molecule has 2 atom stereocenters. The molecule has 1 saturated carbocycles. The van der Waals surface area contributed by atoms with Crippen LogP contribution in [0.1, 0.15) is 20.3 Å². The first-order valence-corrected chi connectivity index (χ1v) is 7.74. The molecule has 0 bridgehead atoms. The van der Waals surface area contributed by atoms with Crippen LogP contribution in [-0.2, 0) is 14.6 Å². The van der Waals surface area contributed by atoms with Crippen molar-refractivity contribution < 1.29 is 13.2 Å². The van der Waals surface area contributed by atoms with Gasteiger partial charge in [-0.3, -0.25) is 4.79 Å². The molecule has 2 unspecified atom stereocenters. The van der Waals surface area contributed by atoms with Crippen molar-refractivity contribution in [3.8, 4) is 0 Å². The summed E-state index contributed by atoms with van der Waals surface area (Å²) in [5.74, 6) is 0.412. The summed E-state index contributed by atoms with van der Waals surface area (Å²) in [5.41, 5.74) is 0.364. The van der Waals surface area contributed by atoms with Gasteiger partial charge in [0.05, 0.1) is 4.90 Å². The van der Waals surface area contributed by atoms with Crippen LogP contribution in [0.15, 0.2) is 29.2 Å². The number of carbonyl (C=O) groups is 1. The average molecular weight is 267 g/mol. The molecule has 1 aromatic rings. The molecule has 1 aliphatic carbocycles. The monoisotopic (exact) mass is 267 g/mol. The highest BCUT2D eigenvalue weighted by molar-refractivity contribution is 7.90. The van der Waals surface area contributed by atoms with Gasteiger partial charge >= 0.3 is 0 Å². The third-order valence-electron chi connectivity index (χ3n) is 3.72. The second-order valence-electron chi connectivity index (χ2n) is 5.27. The van der Waals surface area contributed by atoms with E-state index in [4.69, 9.17) is 0 Å². The van der Waals surface area contributed by atoms with Gasteiger partial charge < -0.3 is 5.32 Å². The first-order chi connectivity index (χ1) is 8.23. The van der Waals surface area contributed by atoms with Gasteiger partial charge in [0.15, 0.2) is 9.84 Å². The zero-order valence-corrected chi connectivity index (χ0v) is 11.5. The van der Waals surface area contributed by atoms with Crippen LogP contribution in [0.2, 0.25) is 0 Å². The average Bonchev–Trinajstić information content (AvgIpc) is 2.88. The maximum absolute atomic E-state index is 12.0. The number of benzene rings is 1. The molecule has 2 rings (SSSR count). The molecule has 0 radical (unpaired) electrons. The SMILES string of the molecule is CC1CC1(C)C(=O)Nc1ccc(S(C)(=O)=O)cc1. The molecule has 0 heterocycles. The zero-order valence-electron chi connectivity index (χ0n) is 10.7. The lowest BCUT2D eigenvalue weighted by atomic mass is 10.1. The van der Waals surface area contributed by atoms with Crippen molar-refractivity contribution >= 4 is 21.4 Å². The Labute approximate surface area is 107 Å². The molecule has 0 saturated heterocycles. The summed E-state index contributed by atoms with van der Waals surface area (Å²) in [4.78, 5) is 12.2. The minimum absolute atomic E-state index is 0.00195. The van der Waals surface area contributed by atoms with E-state index in [1.807, 2.05) is 13.8 Å². The number of nitrogens with one attached hydrogen (secondary N) is 1. The van der Waals surface area contributed by atoms with E-state index in [0.29, 0.717) is 11.6 Å². The largest absolute Gasteiger partial charge is 0.326 e. The lowest BCUT2D eigenvalue weighted by Crippen LogP contribution is -2.22. The van der Waals surface area contributed by atoms with Gasteiger partial charge in [-0.15, -0.1) is 0 Å². The highest BCUT2D eigenvalue weighted by Gasteiger charge is 2.52. The van der Waals surface area contributed by atoms with Gasteiger partial charge in [-0.1, -0.05) is 13.8 Å². The fourth-order valence-corrected chi connectivity index (χ4v) is 2.58. The maximum Gasteiger partial charge on any atom is 0.230 e. The highest BCUT2D eigenvalue weighted by atomic mass is 32.2. The van der Waals surface area contributed by atoms with E-state index < -0.39 is 9.84 Å². The lowest BCUT2D eigenvalue weighted by molar-refractivity contribution is -0.121. The Morgan fingerprint density at radius 3 is 2.22 bits per heavy atom. The van der Waals surface area contributed by atoms with Crippen molar-refractivity contribution in [1.82, 2.24) is 0 Å². The smallest absolute Gasteiger partial charge is 0.230 e. The molecule has 1 aromatic carbocycles. The normalized spacial score (nSPS) is 26.7. The molecule has 18 heavy (non-hydrogen) atoms. The summed E-state index contributed by atoms with van der Waals surface area (Å²) in [5, 5.41) is 2.82. The van der Waals surface area contributed by atoms with E-state index in [1.165, 1.54) is 12.1 Å². The van der Waals surface area contributed by atoms with Gasteiger partial charge in [-0.05, 0) is 36.6 Å². The van der Waals surface area contributed by atoms with Crippen molar-refractivity contribution in [2.24, 2.45) is 11.3 Å². The number of anilines is 1. The van der Waals surface area contributed by atoms with Crippen LogP contribution < -0.4 is 5.32 Å². The molecule has 1 aliphatic rings. The Kier molecular flexibility index (Phi) is 2.97. The zero-order chi connectivity index (χ0) is 13.6. The van der Waals surface area contributed by atoms with Crippen LogP contribution in [0, 0.1) is 11.3 Å². The van der Waals surface area contributed by atoms with Gasteiger partial charge in [-0.2, -0.15) is 0 Å². The molecule has 98 valence electrons. The van der Waals surface area contributed by atoms with Crippen LogP contribution in [0.5, 0.6) is 0 Å². The Hall–Kier alpha value is -1.36. The van der Waals surface area contributed by atoms with E-state index in [2.05, 4.69) is 5.32 Å². The first-order valence-electron chi connectivity index (χ1n) is 5.85. The van der Waals surface area contributed by atoms with Gasteiger partial charge in [0.25, 0.3) is 0 Å². The van der Waals surface area contributed by atoms with Gasteiger partial charge in [0.2, 0.25) is 5.91 Å². The molecular weight excluding hydrogens is 250 g/mol. The van der Waals surface area contributed by atoms with E-state index in [9.17, 15) is 13.2 Å². The van der Waals surface area contributed by atoms with E-state index in [-0.39, 0.29) is 16.2 Å². The number of rotatable bonds is 3. The van der Waals surface area contributed by atoms with Crippen molar-refractivity contribution in [3.63, 3.8) is 0 Å². The lowest BCUT2D eigenvalue weighted by Gasteiger charge is -2.11. The summed E-state index contributed by atoms with van der Waals surface area (Å²) >= 11 is 0. The van der Waals surface area contributed by atoms with Crippen LogP contribution in [0.3, 0.4) is 0 Å². The highest BCUT2D eigenvalue weighted by Crippen LogP contribution is 2.52. The van der Waals surface area contributed by atoms with E-state index in [0.717, 1.165) is 12.7 Å². The van der Waals surface area contributed by atoms with Gasteiger partial charge in [-0.25, -0.2) is 8.42 Å². The minimum Gasteiger partial charge on any atom is -0.326 e. The van der Waals surface area contributed by atoms with Gasteiger partial charge in [0.1, 0.15) is 0 Å². The predicted molar refractivity (Wildman–Crippen MR) is 70.1 cm³/mol. The fourth-order valence-electron chi connectivity index (χ4n) is 1.95. The number of hydrogen-bond acceptors (Lipinski definition) is 3. The molecule has 0 spiro atoms. The summed E-state index contributed by atoms with van der Waals surface area (Å²) in [7, 11) is -3.19. The number of sulfone groups is 1. The molecule has 4 nitrogen and oxygen atoms in total. The molecule has 1 N–H and O–H groups in total. The van der Waals surface area contributed by atoms with Crippen LogP contribution in [-0.4, -0.2) is 20.6 Å². The standard InChI is InChI=1S/C13H17NO3S/c1-9-8-13(9,2)12(15)14-10-4-6-11(7-5-10)18(3,16)17/h4-7,9H,8H2,1-3H3,(H,14,15). The van der Waals surface area contributed by atoms with Crippen LogP contribution >= 0.6 is 0 Å². The Bertz CT molecular complexity index is 577. The second kappa shape index (κ2) is 4.09. The third kappa shape index (κ3) is 2.41. The van der Waals surface area contributed by atoms with Crippen molar-refractivity contribution in [2.45, 2.75) is 25.2 Å². The summed E-state index contributed by atoms with van der Waals surface area (Å²) in [6.07, 6.45) is 2.06. The van der Waals surface area contributed by atoms with Crippen LogP contribution in [0.4, 0.5) is 5.69 Å². The predicted octanol–water partition coefficient (Wildman–Crippen LogP) is 2.07. The summed E-state index contributed by atoms with van der Waals surface area (Å²) in [6, 6.07) is 6.24. The molecule has 1 amide bonds. The van der Waals surface area contributed by atoms with Crippen molar-refractivity contribution in [2.75, 3.05) is 11.6 Å². The number of amides is 1. The second-order valence-corrected chi connectivity index (χ2v) is 7.29. The molecule has 5 heteroatoms. The summed E-state index contributed by atoms with van der Waals surface area (Å²) < 4.78 is 22.6.